The van der Waals surface area contributed by atoms with Gasteiger partial charge in [-0.3, -0.25) is 4.79 Å². The Kier molecular flexibility index (Phi) is 8.63. The van der Waals surface area contributed by atoms with Gasteiger partial charge in [0.05, 0.1) is 21.6 Å². The zero-order chi connectivity index (χ0) is 25.9. The van der Waals surface area contributed by atoms with Crippen molar-refractivity contribution in [3.8, 4) is 5.75 Å². The van der Waals surface area contributed by atoms with Gasteiger partial charge < -0.3 is 4.74 Å². The Balaban J connectivity index is 1.43. The Morgan fingerprint density at radius 2 is 1.68 bits per heavy atom. The Labute approximate surface area is 248 Å². The molecule has 1 aliphatic carbocycles. The molecule has 190 valence electrons. The molecule has 0 aliphatic heterocycles. The van der Waals surface area contributed by atoms with Crippen LogP contribution < -0.4 is 10.3 Å². The SMILES string of the molecule is O=c1c2cc(Br)ccc2nc(C2CCCCC2)n1N=Cc1ccc(OCc2ccc(Br)cc2Br)c(Br)c1. The summed E-state index contributed by atoms with van der Waals surface area (Å²) in [5.41, 5.74) is 2.45. The lowest BCUT2D eigenvalue weighted by Gasteiger charge is -2.22. The molecule has 0 spiro atoms. The zero-order valence-electron chi connectivity index (χ0n) is 19.8. The van der Waals surface area contributed by atoms with Crippen LogP contribution in [0.3, 0.4) is 0 Å². The van der Waals surface area contributed by atoms with Crippen molar-refractivity contribution < 1.29 is 4.74 Å². The van der Waals surface area contributed by atoms with Crippen LogP contribution in [-0.2, 0) is 6.61 Å². The summed E-state index contributed by atoms with van der Waals surface area (Å²) in [6.45, 7) is 0.429. The lowest BCUT2D eigenvalue weighted by Crippen LogP contribution is -2.25. The van der Waals surface area contributed by atoms with Gasteiger partial charge in [-0.25, -0.2) is 4.98 Å². The molecule has 0 bridgehead atoms. The number of benzene rings is 3. The number of hydrogen-bond donors (Lipinski definition) is 0. The van der Waals surface area contributed by atoms with Crippen LogP contribution in [0, 0.1) is 0 Å². The van der Waals surface area contributed by atoms with Crippen molar-refractivity contribution in [1.82, 2.24) is 9.66 Å². The summed E-state index contributed by atoms with van der Waals surface area (Å²) in [5, 5.41) is 5.20. The standard InChI is InChI=1S/C28H23Br4N3O2/c29-20-9-10-25-22(13-20)28(36)35(27(34-25)18-4-2-1-3-5-18)33-15-17-6-11-26(24(32)12-17)37-16-19-7-8-21(30)14-23(19)31/h6-15,18H,1-5,16H2. The van der Waals surface area contributed by atoms with E-state index in [0.29, 0.717) is 17.5 Å². The molecular weight excluding hydrogens is 730 g/mol. The highest BCUT2D eigenvalue weighted by molar-refractivity contribution is 9.11. The zero-order valence-corrected chi connectivity index (χ0v) is 26.1. The molecule has 0 radical (unpaired) electrons. The highest BCUT2D eigenvalue weighted by Crippen LogP contribution is 2.32. The van der Waals surface area contributed by atoms with Crippen molar-refractivity contribution in [1.29, 1.82) is 0 Å². The van der Waals surface area contributed by atoms with E-state index < -0.39 is 0 Å². The number of fused-ring (bicyclic) bond motifs is 1. The number of hydrogen-bond acceptors (Lipinski definition) is 4. The minimum Gasteiger partial charge on any atom is -0.488 e. The number of rotatable bonds is 6. The molecule has 0 amide bonds. The molecule has 1 heterocycles. The summed E-state index contributed by atoms with van der Waals surface area (Å²) in [7, 11) is 0. The van der Waals surface area contributed by atoms with Crippen LogP contribution in [0.15, 0.2) is 82.4 Å². The molecule has 1 saturated carbocycles. The minimum absolute atomic E-state index is 0.151. The summed E-state index contributed by atoms with van der Waals surface area (Å²) < 4.78 is 11.2. The molecule has 5 nitrogen and oxygen atoms in total. The average molecular weight is 753 g/mol. The second-order valence-corrected chi connectivity index (χ2v) is 12.6. The van der Waals surface area contributed by atoms with Gasteiger partial charge in [-0.05, 0) is 82.9 Å². The quantitative estimate of drug-likeness (QED) is 0.185. The third kappa shape index (κ3) is 6.27. The molecular formula is C28H23Br4N3O2. The number of nitrogens with zero attached hydrogens (tertiary/aromatic N) is 3. The summed E-state index contributed by atoms with van der Waals surface area (Å²) in [6, 6.07) is 17.4. The van der Waals surface area contributed by atoms with Crippen molar-refractivity contribution in [3.05, 3.63) is 99.8 Å². The van der Waals surface area contributed by atoms with Crippen molar-refractivity contribution in [3.63, 3.8) is 0 Å². The van der Waals surface area contributed by atoms with E-state index in [-0.39, 0.29) is 11.5 Å². The molecule has 0 atom stereocenters. The average Bonchev–Trinajstić information content (AvgIpc) is 2.89. The van der Waals surface area contributed by atoms with Gasteiger partial charge >= 0.3 is 0 Å². The third-order valence-corrected chi connectivity index (χ3v) is 8.82. The number of ether oxygens (including phenoxy) is 1. The Hall–Kier alpha value is -1.81. The van der Waals surface area contributed by atoms with E-state index >= 15 is 0 Å². The van der Waals surface area contributed by atoms with Crippen LogP contribution in [0.5, 0.6) is 5.75 Å². The van der Waals surface area contributed by atoms with Gasteiger partial charge in [0.15, 0.2) is 0 Å². The molecule has 5 rings (SSSR count). The molecule has 9 heteroatoms. The predicted octanol–water partition coefficient (Wildman–Crippen LogP) is 8.96. The number of halogens is 4. The maximum absolute atomic E-state index is 13.5. The summed E-state index contributed by atoms with van der Waals surface area (Å²) in [5.74, 6) is 1.70. The summed E-state index contributed by atoms with van der Waals surface area (Å²) in [6.07, 6.45) is 7.28. The lowest BCUT2D eigenvalue weighted by molar-refractivity contribution is 0.303. The highest BCUT2D eigenvalue weighted by Gasteiger charge is 2.22. The van der Waals surface area contributed by atoms with E-state index in [0.717, 1.165) is 66.3 Å². The van der Waals surface area contributed by atoms with Gasteiger partial charge in [0.25, 0.3) is 5.56 Å². The maximum Gasteiger partial charge on any atom is 0.282 e. The summed E-state index contributed by atoms with van der Waals surface area (Å²) in [4.78, 5) is 18.4. The van der Waals surface area contributed by atoms with Gasteiger partial charge in [-0.1, -0.05) is 73.1 Å². The molecule has 1 aliphatic rings. The monoisotopic (exact) mass is 749 g/mol. The molecule has 1 fully saturated rings. The van der Waals surface area contributed by atoms with Gasteiger partial charge in [-0.15, -0.1) is 0 Å². The van der Waals surface area contributed by atoms with Crippen LogP contribution in [0.25, 0.3) is 10.9 Å². The fourth-order valence-electron chi connectivity index (χ4n) is 4.54. The van der Waals surface area contributed by atoms with E-state index in [2.05, 4.69) is 68.8 Å². The van der Waals surface area contributed by atoms with E-state index in [1.165, 1.54) is 11.1 Å². The van der Waals surface area contributed by atoms with Crippen molar-refractivity contribution in [2.24, 2.45) is 5.10 Å². The van der Waals surface area contributed by atoms with E-state index in [1.807, 2.05) is 54.6 Å². The van der Waals surface area contributed by atoms with Crippen LogP contribution in [0.4, 0.5) is 0 Å². The molecule has 0 N–H and O–H groups in total. The highest BCUT2D eigenvalue weighted by atomic mass is 79.9. The Morgan fingerprint density at radius 1 is 0.919 bits per heavy atom. The first-order chi connectivity index (χ1) is 17.9. The van der Waals surface area contributed by atoms with Gasteiger partial charge in [0.1, 0.15) is 18.2 Å². The molecule has 3 aromatic carbocycles. The van der Waals surface area contributed by atoms with E-state index in [9.17, 15) is 4.79 Å². The fourth-order valence-corrected chi connectivity index (χ4v) is 6.57. The minimum atomic E-state index is -0.151. The van der Waals surface area contributed by atoms with Crippen LogP contribution in [0.1, 0.15) is 55.0 Å². The van der Waals surface area contributed by atoms with Gasteiger partial charge in [0.2, 0.25) is 0 Å². The normalized spacial score (nSPS) is 14.5. The van der Waals surface area contributed by atoms with Crippen LogP contribution >= 0.6 is 63.7 Å². The van der Waals surface area contributed by atoms with Crippen molar-refractivity contribution >= 4 is 80.8 Å². The first-order valence-corrected chi connectivity index (χ1v) is 15.2. The van der Waals surface area contributed by atoms with Crippen molar-refractivity contribution in [2.45, 2.75) is 44.6 Å². The Bertz CT molecular complexity index is 1540. The Morgan fingerprint density at radius 3 is 2.43 bits per heavy atom. The predicted molar refractivity (Wildman–Crippen MR) is 163 cm³/mol. The van der Waals surface area contributed by atoms with Crippen LogP contribution in [0.2, 0.25) is 0 Å². The topological polar surface area (TPSA) is 56.5 Å². The maximum atomic E-state index is 13.5. The molecule has 37 heavy (non-hydrogen) atoms. The fraction of sp³-hybridized carbons (Fsp3) is 0.250. The van der Waals surface area contributed by atoms with E-state index in [1.54, 1.807) is 6.21 Å². The largest absolute Gasteiger partial charge is 0.488 e. The second-order valence-electron chi connectivity index (χ2n) is 9.04. The molecule has 0 unspecified atom stereocenters. The van der Waals surface area contributed by atoms with Crippen LogP contribution in [-0.4, -0.2) is 15.9 Å². The molecule has 0 saturated heterocycles. The molecule has 1 aromatic heterocycles. The van der Waals surface area contributed by atoms with Gasteiger partial charge in [0, 0.05) is 24.9 Å². The second kappa shape index (κ2) is 11.9. The van der Waals surface area contributed by atoms with Crippen molar-refractivity contribution in [2.75, 3.05) is 0 Å². The summed E-state index contributed by atoms with van der Waals surface area (Å²) >= 11 is 14.1. The first-order valence-electron chi connectivity index (χ1n) is 12.0. The van der Waals surface area contributed by atoms with E-state index in [4.69, 9.17) is 9.72 Å². The third-order valence-electron chi connectivity index (χ3n) is 6.48. The first kappa shape index (κ1) is 26.8. The number of aromatic nitrogens is 2. The molecule has 4 aromatic rings. The smallest absolute Gasteiger partial charge is 0.282 e. The van der Waals surface area contributed by atoms with Gasteiger partial charge in [-0.2, -0.15) is 9.78 Å². The lowest BCUT2D eigenvalue weighted by atomic mass is 9.88.